The van der Waals surface area contributed by atoms with Gasteiger partial charge in [-0.05, 0) is 0 Å². The minimum Gasteiger partial charge on any atom is -0.385 e. The van der Waals surface area contributed by atoms with Crippen molar-refractivity contribution in [1.82, 2.24) is 9.97 Å². The van der Waals surface area contributed by atoms with E-state index in [2.05, 4.69) is 15.4 Å². The van der Waals surface area contributed by atoms with Crippen LogP contribution in [0.4, 0.5) is 11.6 Å². The summed E-state index contributed by atoms with van der Waals surface area (Å²) in [5.74, 6) is 5.45. The number of nitrogen functional groups attached to an aromatic ring is 2. The van der Waals surface area contributed by atoms with Gasteiger partial charge in [-0.3, -0.25) is 4.98 Å². The van der Waals surface area contributed by atoms with Gasteiger partial charge in [-0.15, -0.1) is 0 Å². The Labute approximate surface area is 56.2 Å². The second-order valence-electron chi connectivity index (χ2n) is 1.67. The second kappa shape index (κ2) is 2.36. The average molecular weight is 141 g/mol. The molecule has 0 aliphatic carbocycles. The molecule has 0 aliphatic heterocycles. The molecule has 0 amide bonds. The van der Waals surface area contributed by atoms with Gasteiger partial charge in [0.15, 0.2) is 0 Å². The van der Waals surface area contributed by atoms with E-state index in [0.29, 0.717) is 0 Å². The number of anilines is 2. The van der Waals surface area contributed by atoms with Gasteiger partial charge < -0.3 is 11.2 Å². The van der Waals surface area contributed by atoms with Crippen molar-refractivity contribution >= 4 is 11.6 Å². The highest BCUT2D eigenvalue weighted by molar-refractivity contribution is 5.41. The van der Waals surface area contributed by atoms with Crippen LogP contribution in [0.5, 0.6) is 0 Å². The number of hydrogen-bond donors (Lipinski definition) is 4. The molecule has 0 aromatic carbocycles. The number of aromatic nitrogens is 2. The van der Waals surface area contributed by atoms with Crippen LogP contribution < -0.4 is 22.7 Å². The molecule has 54 valence electrons. The topological polar surface area (TPSA) is 110 Å². The van der Waals surface area contributed by atoms with Gasteiger partial charge in [-0.2, -0.15) is 4.98 Å². The van der Waals surface area contributed by atoms with E-state index in [1.807, 2.05) is 0 Å². The van der Waals surface area contributed by atoms with Crippen molar-refractivity contribution < 1.29 is 0 Å². The van der Waals surface area contributed by atoms with Crippen molar-refractivity contribution in [3.63, 3.8) is 0 Å². The molecule has 6 N–H and O–H groups in total. The minimum atomic E-state index is -0.520. The number of hydrazine groups is 1. The summed E-state index contributed by atoms with van der Waals surface area (Å²) in [5.41, 5.74) is 6.92. The van der Waals surface area contributed by atoms with Crippen LogP contribution in [0.1, 0.15) is 0 Å². The van der Waals surface area contributed by atoms with Crippen molar-refractivity contribution in [2.45, 2.75) is 0 Å². The zero-order valence-electron chi connectivity index (χ0n) is 5.09. The summed E-state index contributed by atoms with van der Waals surface area (Å²) in [6.45, 7) is 0. The van der Waals surface area contributed by atoms with Crippen LogP contribution in [0, 0.1) is 0 Å². The normalized spacial score (nSPS) is 9.30. The lowest BCUT2D eigenvalue weighted by Crippen LogP contribution is -2.17. The molecule has 10 heavy (non-hydrogen) atoms. The molecule has 0 aliphatic rings. The molecular formula is C4H7N5O. The highest BCUT2D eigenvalue weighted by Gasteiger charge is 1.92. The Hall–Kier alpha value is -1.56. The standard InChI is InChI=1S/C4H7N5O/c5-2-1-3(9-6)8-4(10)7-2/h1H,6H2,(H4,5,7,8,9,10). The van der Waals surface area contributed by atoms with Gasteiger partial charge in [-0.25, -0.2) is 10.6 Å². The largest absolute Gasteiger partial charge is 0.385 e. The SMILES string of the molecule is NNc1cc(N)[nH]c(=O)n1. The molecule has 0 atom stereocenters. The van der Waals surface area contributed by atoms with E-state index in [-0.39, 0.29) is 11.6 Å². The van der Waals surface area contributed by atoms with Crippen LogP contribution in [-0.2, 0) is 0 Å². The summed E-state index contributed by atoms with van der Waals surface area (Å²) in [5, 5.41) is 0. The summed E-state index contributed by atoms with van der Waals surface area (Å²) >= 11 is 0. The van der Waals surface area contributed by atoms with Gasteiger partial charge in [0, 0.05) is 6.07 Å². The predicted octanol–water partition coefficient (Wildman–Crippen LogP) is -1.36. The third kappa shape index (κ3) is 1.23. The summed E-state index contributed by atoms with van der Waals surface area (Å²) < 4.78 is 0. The Kier molecular flexibility index (Phi) is 1.55. The van der Waals surface area contributed by atoms with Crippen LogP contribution in [0.25, 0.3) is 0 Å². The number of aromatic amines is 1. The van der Waals surface area contributed by atoms with Gasteiger partial charge in [0.05, 0.1) is 0 Å². The van der Waals surface area contributed by atoms with Crippen LogP contribution in [-0.4, -0.2) is 9.97 Å². The fraction of sp³-hybridized carbons (Fsp3) is 0. The highest BCUT2D eigenvalue weighted by atomic mass is 16.1. The fourth-order valence-electron chi connectivity index (χ4n) is 0.550. The van der Waals surface area contributed by atoms with E-state index in [0.717, 1.165) is 0 Å². The molecule has 0 fully saturated rings. The van der Waals surface area contributed by atoms with Gasteiger partial charge in [0.25, 0.3) is 0 Å². The molecule has 6 nitrogen and oxygen atoms in total. The summed E-state index contributed by atoms with van der Waals surface area (Å²) in [4.78, 5) is 16.2. The molecule has 0 radical (unpaired) electrons. The number of H-pyrrole nitrogens is 1. The highest BCUT2D eigenvalue weighted by Crippen LogP contribution is 1.98. The molecule has 6 heteroatoms. The first-order valence-corrected chi connectivity index (χ1v) is 2.56. The first-order chi connectivity index (χ1) is 4.72. The molecule has 1 aromatic rings. The van der Waals surface area contributed by atoms with Crippen molar-refractivity contribution in [3.05, 3.63) is 16.6 Å². The molecule has 1 aromatic heterocycles. The average Bonchev–Trinajstić information content (AvgIpc) is 1.85. The Morgan fingerprint density at radius 2 is 2.40 bits per heavy atom. The van der Waals surface area contributed by atoms with E-state index in [1.54, 1.807) is 0 Å². The molecule has 0 saturated carbocycles. The molecule has 1 heterocycles. The summed E-state index contributed by atoms with van der Waals surface area (Å²) in [6.07, 6.45) is 0. The smallest absolute Gasteiger partial charge is 0.348 e. The van der Waals surface area contributed by atoms with E-state index in [4.69, 9.17) is 11.6 Å². The lowest BCUT2D eigenvalue weighted by Gasteiger charge is -1.96. The van der Waals surface area contributed by atoms with Crippen LogP contribution in [0.15, 0.2) is 10.9 Å². The Morgan fingerprint density at radius 3 is 2.90 bits per heavy atom. The maximum atomic E-state index is 10.5. The molecule has 0 saturated heterocycles. The van der Waals surface area contributed by atoms with Gasteiger partial charge in [-0.1, -0.05) is 0 Å². The van der Waals surface area contributed by atoms with E-state index >= 15 is 0 Å². The lowest BCUT2D eigenvalue weighted by atomic mass is 10.5. The lowest BCUT2D eigenvalue weighted by molar-refractivity contribution is 1.07. The monoisotopic (exact) mass is 141 g/mol. The molecule has 0 bridgehead atoms. The quantitative estimate of drug-likeness (QED) is 0.285. The van der Waals surface area contributed by atoms with Gasteiger partial charge in [0.1, 0.15) is 11.6 Å². The third-order valence-corrected chi connectivity index (χ3v) is 0.913. The van der Waals surface area contributed by atoms with Gasteiger partial charge >= 0.3 is 5.69 Å². The van der Waals surface area contributed by atoms with Gasteiger partial charge in [0.2, 0.25) is 0 Å². The number of nitrogens with zero attached hydrogens (tertiary/aromatic N) is 1. The zero-order valence-corrected chi connectivity index (χ0v) is 5.09. The third-order valence-electron chi connectivity index (χ3n) is 0.913. The van der Waals surface area contributed by atoms with Crippen LogP contribution in [0.3, 0.4) is 0 Å². The van der Waals surface area contributed by atoms with Crippen molar-refractivity contribution in [3.8, 4) is 0 Å². The summed E-state index contributed by atoms with van der Waals surface area (Å²) in [6, 6.07) is 1.42. The molecule has 1 rings (SSSR count). The zero-order chi connectivity index (χ0) is 7.56. The van der Waals surface area contributed by atoms with Crippen LogP contribution >= 0.6 is 0 Å². The maximum Gasteiger partial charge on any atom is 0.348 e. The van der Waals surface area contributed by atoms with E-state index in [9.17, 15) is 4.79 Å². The predicted molar refractivity (Wildman–Crippen MR) is 37.1 cm³/mol. The minimum absolute atomic E-state index is 0.230. The molecular weight excluding hydrogens is 134 g/mol. The summed E-state index contributed by atoms with van der Waals surface area (Å²) in [7, 11) is 0. The van der Waals surface area contributed by atoms with Crippen LogP contribution in [0.2, 0.25) is 0 Å². The molecule has 0 unspecified atom stereocenters. The maximum absolute atomic E-state index is 10.5. The first-order valence-electron chi connectivity index (χ1n) is 2.56. The second-order valence-corrected chi connectivity index (χ2v) is 1.67. The fourth-order valence-corrected chi connectivity index (χ4v) is 0.550. The first kappa shape index (κ1) is 6.56. The van der Waals surface area contributed by atoms with Crippen molar-refractivity contribution in [2.75, 3.05) is 11.2 Å². The van der Waals surface area contributed by atoms with E-state index in [1.165, 1.54) is 6.07 Å². The number of nitrogens with two attached hydrogens (primary N) is 2. The Morgan fingerprint density at radius 1 is 1.70 bits per heavy atom. The van der Waals surface area contributed by atoms with E-state index < -0.39 is 5.69 Å². The van der Waals surface area contributed by atoms with Crippen molar-refractivity contribution in [1.29, 1.82) is 0 Å². The number of rotatable bonds is 1. The Bertz CT molecular complexity index is 279. The van der Waals surface area contributed by atoms with Crippen molar-refractivity contribution in [2.24, 2.45) is 5.84 Å². The molecule has 0 spiro atoms. The Balaban J connectivity index is 3.19. The number of nitrogens with one attached hydrogen (secondary N) is 2. The number of hydrogen-bond acceptors (Lipinski definition) is 5.